The van der Waals surface area contributed by atoms with Gasteiger partial charge in [0.15, 0.2) is 28.3 Å². The van der Waals surface area contributed by atoms with Crippen molar-refractivity contribution in [2.45, 2.75) is 31.2 Å². The number of ketones is 1. The number of halogens is 4. The lowest BCUT2D eigenvalue weighted by molar-refractivity contribution is -0.123. The molecule has 0 heterocycles. The smallest absolute Gasteiger partial charge is 0.194 e. The van der Waals surface area contributed by atoms with Crippen LogP contribution in [-0.2, 0) is 4.79 Å². The van der Waals surface area contributed by atoms with Crippen molar-refractivity contribution in [3.63, 3.8) is 0 Å². The molecule has 1 fully saturated rings. The number of carbonyl (C=O) groups is 1. The largest absolute Gasteiger partial charge is 0.495 e. The van der Waals surface area contributed by atoms with Gasteiger partial charge in [0.1, 0.15) is 5.75 Å². The molecule has 0 amide bonds. The summed E-state index contributed by atoms with van der Waals surface area (Å²) >= 11 is 11.2. The third-order valence-corrected chi connectivity index (χ3v) is 5.33. The van der Waals surface area contributed by atoms with Crippen LogP contribution in [0.1, 0.15) is 30.7 Å². The van der Waals surface area contributed by atoms with Crippen molar-refractivity contribution < 1.29 is 22.7 Å². The van der Waals surface area contributed by atoms with E-state index < -0.39 is 23.5 Å². The van der Waals surface area contributed by atoms with Crippen LogP contribution in [0, 0.1) is 17.5 Å². The van der Waals surface area contributed by atoms with Crippen molar-refractivity contribution >= 4 is 40.4 Å². The van der Waals surface area contributed by atoms with Gasteiger partial charge in [-0.25, -0.2) is 13.2 Å². The first-order valence-corrected chi connectivity index (χ1v) is 9.68. The highest BCUT2D eigenvalue weighted by atomic mass is 35.5. The van der Waals surface area contributed by atoms with E-state index in [1.165, 1.54) is 7.11 Å². The standard InChI is InChI=1S/C20H18ClF3N2O2S/c1-28-17-7-10(5-6-13(17)21)12-3-2-4-16(19(12)27)26-20(29)25-11-8-14(22)18(24)15(23)9-11/h5-9,12,16H,2-4H2,1H3,(H2,25,26,29). The molecule has 2 atom stereocenters. The summed E-state index contributed by atoms with van der Waals surface area (Å²) in [6.07, 6.45) is 2.02. The molecule has 0 saturated heterocycles. The molecule has 4 nitrogen and oxygen atoms in total. The van der Waals surface area contributed by atoms with E-state index in [0.717, 1.165) is 24.1 Å². The Balaban J connectivity index is 1.70. The summed E-state index contributed by atoms with van der Waals surface area (Å²) in [5.41, 5.74) is 0.741. The summed E-state index contributed by atoms with van der Waals surface area (Å²) in [4.78, 5) is 13.0. The molecule has 9 heteroatoms. The van der Waals surface area contributed by atoms with E-state index >= 15 is 0 Å². The van der Waals surface area contributed by atoms with Gasteiger partial charge in [-0.2, -0.15) is 0 Å². The molecule has 2 aromatic carbocycles. The molecule has 154 valence electrons. The monoisotopic (exact) mass is 442 g/mol. The molecular formula is C20H18ClF3N2O2S. The Morgan fingerprint density at radius 1 is 1.17 bits per heavy atom. The summed E-state index contributed by atoms with van der Waals surface area (Å²) in [5.74, 6) is -4.14. The topological polar surface area (TPSA) is 50.4 Å². The fraction of sp³-hybridized carbons (Fsp3) is 0.300. The first kappa shape index (κ1) is 21.4. The van der Waals surface area contributed by atoms with Crippen molar-refractivity contribution in [3.05, 3.63) is 58.4 Å². The van der Waals surface area contributed by atoms with Gasteiger partial charge in [-0.3, -0.25) is 4.79 Å². The van der Waals surface area contributed by atoms with Gasteiger partial charge < -0.3 is 15.4 Å². The van der Waals surface area contributed by atoms with E-state index in [0.29, 0.717) is 23.6 Å². The third-order valence-electron chi connectivity index (χ3n) is 4.80. The van der Waals surface area contributed by atoms with Crippen LogP contribution in [-0.4, -0.2) is 24.0 Å². The van der Waals surface area contributed by atoms with Gasteiger partial charge in [-0.1, -0.05) is 17.7 Å². The van der Waals surface area contributed by atoms with Gasteiger partial charge in [0.05, 0.1) is 18.2 Å². The second kappa shape index (κ2) is 9.00. The molecule has 29 heavy (non-hydrogen) atoms. The Bertz CT molecular complexity index is 934. The Kier molecular flexibility index (Phi) is 6.64. The Hall–Kier alpha value is -2.32. The molecule has 2 unspecified atom stereocenters. The zero-order valence-corrected chi connectivity index (χ0v) is 17.0. The third kappa shape index (κ3) is 4.82. The molecule has 1 aliphatic carbocycles. The minimum absolute atomic E-state index is 0.0168. The fourth-order valence-corrected chi connectivity index (χ4v) is 3.83. The number of methoxy groups -OCH3 is 1. The fourth-order valence-electron chi connectivity index (χ4n) is 3.37. The maximum atomic E-state index is 13.3. The zero-order valence-electron chi connectivity index (χ0n) is 15.4. The lowest BCUT2D eigenvalue weighted by Crippen LogP contribution is -2.46. The van der Waals surface area contributed by atoms with Crippen LogP contribution in [0.3, 0.4) is 0 Å². The number of Topliss-reactive ketones (excluding diaryl/α,β-unsaturated/α-hetero) is 1. The molecule has 1 saturated carbocycles. The molecule has 0 aromatic heterocycles. The summed E-state index contributed by atoms with van der Waals surface area (Å²) in [5, 5.41) is 5.94. The first-order valence-electron chi connectivity index (χ1n) is 8.89. The predicted molar refractivity (Wildman–Crippen MR) is 109 cm³/mol. The highest BCUT2D eigenvalue weighted by Crippen LogP contribution is 2.34. The van der Waals surface area contributed by atoms with Crippen LogP contribution >= 0.6 is 23.8 Å². The van der Waals surface area contributed by atoms with Crippen molar-refractivity contribution in [2.75, 3.05) is 12.4 Å². The van der Waals surface area contributed by atoms with Crippen LogP contribution in [0.5, 0.6) is 5.75 Å². The Labute approximate surface area is 176 Å². The van der Waals surface area contributed by atoms with E-state index in [9.17, 15) is 18.0 Å². The Morgan fingerprint density at radius 2 is 1.86 bits per heavy atom. The normalized spacial score (nSPS) is 19.0. The van der Waals surface area contributed by atoms with Crippen LogP contribution in [0.4, 0.5) is 18.9 Å². The van der Waals surface area contributed by atoms with Gasteiger partial charge in [0.2, 0.25) is 0 Å². The molecule has 0 radical (unpaired) electrons. The maximum Gasteiger partial charge on any atom is 0.194 e. The summed E-state index contributed by atoms with van der Waals surface area (Å²) in [6, 6.07) is 6.23. The molecule has 2 N–H and O–H groups in total. The number of hydrogen-bond acceptors (Lipinski definition) is 3. The first-order chi connectivity index (χ1) is 13.8. The van der Waals surface area contributed by atoms with Crippen LogP contribution < -0.4 is 15.4 Å². The number of benzene rings is 2. The van der Waals surface area contributed by atoms with Crippen LogP contribution in [0.15, 0.2) is 30.3 Å². The van der Waals surface area contributed by atoms with Gasteiger partial charge in [0, 0.05) is 23.7 Å². The van der Waals surface area contributed by atoms with Crippen LogP contribution in [0.25, 0.3) is 0 Å². The average Bonchev–Trinajstić information content (AvgIpc) is 2.68. The number of nitrogens with one attached hydrogen (secondary N) is 2. The molecule has 0 spiro atoms. The van der Waals surface area contributed by atoms with Crippen LogP contribution in [0.2, 0.25) is 5.02 Å². The zero-order chi connectivity index (χ0) is 21.1. The van der Waals surface area contributed by atoms with Gasteiger partial charge >= 0.3 is 0 Å². The van der Waals surface area contributed by atoms with Crippen molar-refractivity contribution in [1.82, 2.24) is 5.32 Å². The van der Waals surface area contributed by atoms with Gasteiger partial charge in [-0.05, 0) is 49.2 Å². The van der Waals surface area contributed by atoms with E-state index in [1.54, 1.807) is 18.2 Å². The molecular weight excluding hydrogens is 425 g/mol. The number of anilines is 1. The molecule has 0 aliphatic heterocycles. The number of hydrogen-bond donors (Lipinski definition) is 2. The summed E-state index contributed by atoms with van der Waals surface area (Å²) < 4.78 is 45.0. The molecule has 3 rings (SSSR count). The quantitative estimate of drug-likeness (QED) is 0.518. The highest BCUT2D eigenvalue weighted by Gasteiger charge is 2.33. The Morgan fingerprint density at radius 3 is 2.52 bits per heavy atom. The predicted octanol–water partition coefficient (Wildman–Crippen LogP) is 4.96. The van der Waals surface area contributed by atoms with E-state index in [2.05, 4.69) is 10.6 Å². The lowest BCUT2D eigenvalue weighted by Gasteiger charge is -2.29. The minimum Gasteiger partial charge on any atom is -0.495 e. The number of ether oxygens (including phenoxy) is 1. The SMILES string of the molecule is COc1cc(C2CCCC(NC(=S)Nc3cc(F)c(F)c(F)c3)C2=O)ccc1Cl. The van der Waals surface area contributed by atoms with E-state index in [1.807, 2.05) is 0 Å². The van der Waals surface area contributed by atoms with Gasteiger partial charge in [-0.15, -0.1) is 0 Å². The highest BCUT2D eigenvalue weighted by molar-refractivity contribution is 7.80. The lowest BCUT2D eigenvalue weighted by atomic mass is 9.80. The number of rotatable bonds is 4. The van der Waals surface area contributed by atoms with E-state index in [-0.39, 0.29) is 22.5 Å². The summed E-state index contributed by atoms with van der Waals surface area (Å²) in [7, 11) is 1.50. The minimum atomic E-state index is -1.56. The van der Waals surface area contributed by atoms with Crippen molar-refractivity contribution in [1.29, 1.82) is 0 Å². The van der Waals surface area contributed by atoms with Gasteiger partial charge in [0.25, 0.3) is 0 Å². The average molecular weight is 443 g/mol. The second-order valence-corrected chi connectivity index (χ2v) is 7.50. The van der Waals surface area contributed by atoms with Crippen molar-refractivity contribution in [3.8, 4) is 5.75 Å². The maximum absolute atomic E-state index is 13.3. The summed E-state index contributed by atoms with van der Waals surface area (Å²) in [6.45, 7) is 0. The second-order valence-electron chi connectivity index (χ2n) is 6.68. The van der Waals surface area contributed by atoms with Crippen molar-refractivity contribution in [2.24, 2.45) is 0 Å². The molecule has 0 bridgehead atoms. The number of thiocarbonyl (C=S) groups is 1. The number of carbonyl (C=O) groups excluding carboxylic acids is 1. The van der Waals surface area contributed by atoms with E-state index in [4.69, 9.17) is 28.6 Å². The molecule has 1 aliphatic rings. The molecule has 2 aromatic rings.